The van der Waals surface area contributed by atoms with Gasteiger partial charge in [0, 0.05) is 69.8 Å². The zero-order chi connectivity index (χ0) is 65.6. The van der Waals surface area contributed by atoms with Crippen molar-refractivity contribution < 1.29 is 68.1 Å². The Morgan fingerprint density at radius 2 is 1.35 bits per heavy atom. The van der Waals surface area contributed by atoms with Crippen molar-refractivity contribution in [3.63, 3.8) is 0 Å². The second-order valence-corrected chi connectivity index (χ2v) is 22.5. The average Bonchev–Trinajstić information content (AvgIpc) is 1.97. The molecule has 0 bridgehead atoms. The number of aromatic amines is 1. The number of primary amides is 2. The van der Waals surface area contributed by atoms with E-state index in [1.54, 1.807) is 51.2 Å². The van der Waals surface area contributed by atoms with E-state index in [4.69, 9.17) is 17.2 Å². The molecule has 3 aromatic carbocycles. The summed E-state index contributed by atoms with van der Waals surface area (Å²) < 4.78 is 0. The number of amides is 11. The van der Waals surface area contributed by atoms with E-state index in [0.29, 0.717) is 16.7 Å². The van der Waals surface area contributed by atoms with Gasteiger partial charge in [-0.25, -0.2) is 0 Å². The monoisotopic (exact) mass is 1240 g/mol. The number of nitrogens with one attached hydrogen (secondary N) is 10. The maximum atomic E-state index is 14.2. The van der Waals surface area contributed by atoms with Gasteiger partial charge in [0.25, 0.3) is 0 Å². The number of carbonyl (C=O) groups excluding carboxylic acids is 11. The minimum atomic E-state index is -1.88. The number of nitrogens with two attached hydrogens (primary N) is 3. The third-order valence-electron chi connectivity index (χ3n) is 14.6. The lowest BCUT2D eigenvalue weighted by Gasteiger charge is -2.30. The number of aliphatic imine (C=N–C) groups is 1. The molecule has 1 saturated heterocycles. The molecule has 0 saturated carbocycles. The fourth-order valence-corrected chi connectivity index (χ4v) is 10.1. The first kappa shape index (κ1) is 70.1. The van der Waals surface area contributed by atoms with Gasteiger partial charge in [0.05, 0.1) is 25.2 Å². The van der Waals surface area contributed by atoms with E-state index in [2.05, 4.69) is 57.8 Å². The number of aliphatic hydroxyl groups is 2. The number of hydrogen-bond donors (Lipinski definition) is 16. The van der Waals surface area contributed by atoms with Gasteiger partial charge >= 0.3 is 0 Å². The molecule has 0 radical (unpaired) electrons. The number of guanidine groups is 1. The first-order chi connectivity index (χ1) is 42.1. The van der Waals surface area contributed by atoms with Crippen LogP contribution in [-0.2, 0) is 72.0 Å². The van der Waals surface area contributed by atoms with E-state index >= 15 is 0 Å². The highest BCUT2D eigenvalue weighted by Crippen LogP contribution is 2.23. The minimum absolute atomic E-state index is 0.0261. The van der Waals surface area contributed by atoms with Crippen LogP contribution in [0, 0.1) is 12.8 Å². The first-order valence-corrected chi connectivity index (χ1v) is 29.1. The van der Waals surface area contributed by atoms with Crippen molar-refractivity contribution in [3.05, 3.63) is 101 Å². The normalized spacial score (nSPS) is 16.6. The van der Waals surface area contributed by atoms with Gasteiger partial charge in [0.2, 0.25) is 65.0 Å². The molecule has 2 heterocycles. The second kappa shape index (κ2) is 33.5. The van der Waals surface area contributed by atoms with Crippen LogP contribution in [0.15, 0.2) is 84.0 Å². The van der Waals surface area contributed by atoms with Crippen molar-refractivity contribution in [2.45, 2.75) is 147 Å². The lowest BCUT2D eigenvalue weighted by Crippen LogP contribution is -2.61. The summed E-state index contributed by atoms with van der Waals surface area (Å²) in [5, 5.41) is 55.3. The number of fused-ring (bicyclic) bond motifs is 1. The predicted octanol–water partition coefficient (Wildman–Crippen LogP) is -3.20. The maximum absolute atomic E-state index is 14.2. The Hall–Kier alpha value is -9.64. The van der Waals surface area contributed by atoms with E-state index in [1.807, 2.05) is 24.3 Å². The van der Waals surface area contributed by atoms with E-state index in [-0.39, 0.29) is 75.7 Å². The number of aromatic hydroxyl groups is 1. The van der Waals surface area contributed by atoms with Crippen LogP contribution >= 0.6 is 0 Å². The summed E-state index contributed by atoms with van der Waals surface area (Å²) in [6, 6.07) is 8.41. The van der Waals surface area contributed by atoms with Gasteiger partial charge in [-0.2, -0.15) is 0 Å². The summed E-state index contributed by atoms with van der Waals surface area (Å²) in [4.78, 5) is 158. The maximum Gasteiger partial charge on any atom is 0.246 e. The zero-order valence-electron chi connectivity index (χ0n) is 50.6. The Bertz CT molecular complexity index is 3210. The average molecular weight is 1240 g/mol. The Morgan fingerprint density at radius 1 is 0.697 bits per heavy atom. The van der Waals surface area contributed by atoms with Crippen LogP contribution < -0.4 is 65.1 Å². The third kappa shape index (κ3) is 21.9. The van der Waals surface area contributed by atoms with Crippen LogP contribution in [0.25, 0.3) is 10.9 Å². The highest BCUT2D eigenvalue weighted by Gasteiger charge is 2.43. The summed E-state index contributed by atoms with van der Waals surface area (Å²) in [6.07, 6.45) is -2.30. The standard InChI is InChI=1S/C60H83N15O14/c1-31(2)21-44(55(85)70-42(15-10-20-65-60(63)64-6)54(84)71-43(52(62)82)25-37-28-66-41-14-8-7-13-40(37)41)69-50(81)29-67-53(83)45(24-36-12-9-11-32(3)22-36)73-58(88)51(33(4)76)74-56(86)46(27-49(61)80)72-57(87)48-26-39(79)30-75(48)59(89)47(68-34(5)77)23-35-16-18-38(78)19-17-35/h7-9,11-14,16-19,22,28,31,33,39,42-48,51,66,76,78-79H,10,15,20-21,23-27,29-30H2,1-6H3,(H2,61,80)(H2,62,82)(H,67,83)(H,68,77)(H,69,81)(H,70,85)(H,71,84)(H,72,87)(H,73,88)(H,74,86)(H3,63,64,65)/t33-,39-,42+,43+,44+,45+,46+,47-,48+,51+/m1/s1. The summed E-state index contributed by atoms with van der Waals surface area (Å²) in [5.74, 6) is -10.0. The van der Waals surface area contributed by atoms with Crippen molar-refractivity contribution in [2.75, 3.05) is 26.7 Å². The summed E-state index contributed by atoms with van der Waals surface area (Å²) in [7, 11) is 1.48. The fraction of sp³-hybridized carbons (Fsp3) is 0.467. The topological polar surface area (TPSA) is 466 Å². The highest BCUT2D eigenvalue weighted by atomic mass is 16.3. The molecular formula is C60H83N15O14. The van der Waals surface area contributed by atoms with Crippen LogP contribution in [0.3, 0.4) is 0 Å². The van der Waals surface area contributed by atoms with E-state index < -0.39 is 138 Å². The molecule has 10 atom stereocenters. The number of aryl methyl sites for hydroxylation is 1. The van der Waals surface area contributed by atoms with Gasteiger partial charge in [-0.3, -0.25) is 57.7 Å². The van der Waals surface area contributed by atoms with Crippen molar-refractivity contribution in [1.29, 1.82) is 0 Å². The molecule has 29 nitrogen and oxygen atoms in total. The molecule has 1 fully saturated rings. The molecular weight excluding hydrogens is 1150 g/mol. The Kier molecular flexibility index (Phi) is 26.4. The summed E-state index contributed by atoms with van der Waals surface area (Å²) in [6.45, 7) is 6.81. The molecule has 1 aromatic heterocycles. The molecule has 1 aliphatic rings. The minimum Gasteiger partial charge on any atom is -0.508 e. The number of benzene rings is 3. The number of nitrogens with zero attached hydrogens (tertiary/aromatic N) is 2. The number of carbonyl (C=O) groups is 11. The van der Waals surface area contributed by atoms with Crippen molar-refractivity contribution >= 4 is 81.8 Å². The van der Waals surface area contributed by atoms with Crippen LogP contribution in [-0.4, -0.2) is 183 Å². The van der Waals surface area contributed by atoms with Gasteiger partial charge in [-0.15, -0.1) is 0 Å². The molecule has 0 unspecified atom stereocenters. The number of para-hydroxylation sites is 1. The van der Waals surface area contributed by atoms with Crippen molar-refractivity contribution in [1.82, 2.24) is 57.7 Å². The smallest absolute Gasteiger partial charge is 0.246 e. The van der Waals surface area contributed by atoms with Gasteiger partial charge < -0.3 is 90.3 Å². The SMILES string of the molecule is CN=C(N)NCCC[C@H](NC(=O)[C@H](CC(C)C)NC(=O)CNC(=O)[C@H](Cc1cccc(C)c1)NC(=O)[C@@H](NC(=O)[C@H](CC(N)=O)NC(=O)[C@@H]1C[C@@H](O)CN1C(=O)[C@@H](Cc1ccc(O)cc1)NC(C)=O)[C@@H](C)O)C(=O)N[C@@H](Cc1c[nH]c2ccccc12)C(N)=O. The Labute approximate surface area is 514 Å². The van der Waals surface area contributed by atoms with Crippen molar-refractivity contribution in [2.24, 2.45) is 28.1 Å². The van der Waals surface area contributed by atoms with E-state index in [0.717, 1.165) is 28.3 Å². The number of phenols is 1. The van der Waals surface area contributed by atoms with Crippen molar-refractivity contribution in [3.8, 4) is 5.75 Å². The summed E-state index contributed by atoms with van der Waals surface area (Å²) >= 11 is 0. The predicted molar refractivity (Wildman–Crippen MR) is 326 cm³/mol. The second-order valence-electron chi connectivity index (χ2n) is 22.5. The highest BCUT2D eigenvalue weighted by molar-refractivity contribution is 5.99. The quantitative estimate of drug-likeness (QED) is 0.0130. The molecule has 11 amide bonds. The summed E-state index contributed by atoms with van der Waals surface area (Å²) in [5.41, 5.74) is 20.4. The molecule has 29 heteroatoms. The number of aromatic nitrogens is 1. The van der Waals surface area contributed by atoms with E-state index in [1.165, 1.54) is 38.2 Å². The fourth-order valence-electron chi connectivity index (χ4n) is 10.1. The van der Waals surface area contributed by atoms with Crippen LogP contribution in [0.1, 0.15) is 82.1 Å². The van der Waals surface area contributed by atoms with Gasteiger partial charge in [-0.1, -0.05) is 74.0 Å². The van der Waals surface area contributed by atoms with Gasteiger partial charge in [0.15, 0.2) is 5.96 Å². The molecule has 0 aliphatic carbocycles. The molecule has 4 aromatic rings. The molecule has 89 heavy (non-hydrogen) atoms. The van der Waals surface area contributed by atoms with Gasteiger partial charge in [0.1, 0.15) is 54.1 Å². The molecule has 1 aliphatic heterocycles. The number of rotatable bonds is 32. The van der Waals surface area contributed by atoms with E-state index in [9.17, 15) is 68.1 Å². The number of likely N-dealkylation sites (tertiary alicyclic amines) is 1. The molecule has 5 rings (SSSR count). The van der Waals surface area contributed by atoms with Crippen LogP contribution in [0.5, 0.6) is 5.75 Å². The lowest BCUT2D eigenvalue weighted by molar-refractivity contribution is -0.142. The van der Waals surface area contributed by atoms with Gasteiger partial charge in [-0.05, 0) is 73.9 Å². The zero-order valence-corrected chi connectivity index (χ0v) is 50.6. The first-order valence-electron chi connectivity index (χ1n) is 29.1. The molecule has 19 N–H and O–H groups in total. The number of phenolic OH excluding ortho intramolecular Hbond substituents is 1. The number of β-amino-alcohol motifs (C(OH)–C–C–N with tert-alkyl or cyclic N) is 1. The van der Waals surface area contributed by atoms with Crippen LogP contribution in [0.4, 0.5) is 0 Å². The number of H-pyrrole nitrogens is 1. The Morgan fingerprint density at radius 3 is 1.99 bits per heavy atom. The Balaban J connectivity index is 1.29. The molecule has 482 valence electrons. The molecule has 0 spiro atoms. The largest absolute Gasteiger partial charge is 0.508 e. The number of aliphatic hydroxyl groups excluding tert-OH is 2. The lowest BCUT2D eigenvalue weighted by atomic mass is 10.0. The number of hydrogen-bond acceptors (Lipinski definition) is 15. The third-order valence-corrected chi connectivity index (χ3v) is 14.6. The van der Waals surface area contributed by atoms with Crippen LogP contribution in [0.2, 0.25) is 0 Å².